The van der Waals surface area contributed by atoms with Crippen molar-refractivity contribution in [1.82, 2.24) is 0 Å². The van der Waals surface area contributed by atoms with Gasteiger partial charge in [-0.05, 0) is 61.1 Å². The van der Waals surface area contributed by atoms with Gasteiger partial charge in [0.05, 0.1) is 12.2 Å². The standard InChI is InChI=1S/C21H27ClO4/c22-17-12-19(24)21(16(17)5-3-1-2-4-6-20(25)26)14-7-9-15-13(11-14)8-10-18(15)23/h1,3,7,9,11,16-19,21,23-24H,2,4-6,8,10,12H2,(H,25,26)/b3-1+. The Labute approximate surface area is 159 Å². The molecule has 142 valence electrons. The first-order valence-electron chi connectivity index (χ1n) is 9.47. The highest BCUT2D eigenvalue weighted by Gasteiger charge is 2.42. The minimum atomic E-state index is -0.764. The summed E-state index contributed by atoms with van der Waals surface area (Å²) < 4.78 is 0. The summed E-state index contributed by atoms with van der Waals surface area (Å²) in [6.45, 7) is 0. The quantitative estimate of drug-likeness (QED) is 0.381. The van der Waals surface area contributed by atoms with Crippen LogP contribution in [0.25, 0.3) is 0 Å². The number of carboxylic acid groups (broad SMARTS) is 1. The third-order valence-corrected chi connectivity index (χ3v) is 6.24. The largest absolute Gasteiger partial charge is 0.481 e. The fraction of sp³-hybridized carbons (Fsp3) is 0.571. The van der Waals surface area contributed by atoms with Gasteiger partial charge in [0.25, 0.3) is 0 Å². The number of carbonyl (C=O) groups is 1. The predicted octanol–water partition coefficient (Wildman–Crippen LogP) is 3.94. The van der Waals surface area contributed by atoms with Crippen molar-refractivity contribution in [2.24, 2.45) is 5.92 Å². The summed E-state index contributed by atoms with van der Waals surface area (Å²) in [6, 6.07) is 6.16. The Bertz CT molecular complexity index is 672. The van der Waals surface area contributed by atoms with Crippen molar-refractivity contribution >= 4 is 17.6 Å². The van der Waals surface area contributed by atoms with E-state index in [0.29, 0.717) is 12.8 Å². The van der Waals surface area contributed by atoms with Crippen LogP contribution in [0.3, 0.4) is 0 Å². The number of hydrogen-bond donors (Lipinski definition) is 3. The van der Waals surface area contributed by atoms with Crippen LogP contribution in [-0.2, 0) is 11.2 Å². The zero-order valence-corrected chi connectivity index (χ0v) is 15.6. The number of allylic oxidation sites excluding steroid dienone is 2. The molecule has 1 aromatic rings. The molecule has 26 heavy (non-hydrogen) atoms. The molecule has 0 aliphatic heterocycles. The Morgan fingerprint density at radius 3 is 2.85 bits per heavy atom. The van der Waals surface area contributed by atoms with Gasteiger partial charge in [0.1, 0.15) is 0 Å². The molecule has 4 nitrogen and oxygen atoms in total. The van der Waals surface area contributed by atoms with E-state index in [1.54, 1.807) is 0 Å². The second-order valence-corrected chi connectivity index (χ2v) is 8.08. The number of aliphatic carboxylic acids is 1. The molecule has 0 aromatic heterocycles. The Hall–Kier alpha value is -1.36. The number of aryl methyl sites for hydroxylation is 1. The zero-order chi connectivity index (χ0) is 18.7. The molecule has 1 aromatic carbocycles. The molecule has 1 fully saturated rings. The molecule has 3 rings (SSSR count). The minimum Gasteiger partial charge on any atom is -0.481 e. The summed E-state index contributed by atoms with van der Waals surface area (Å²) in [5.41, 5.74) is 3.31. The summed E-state index contributed by atoms with van der Waals surface area (Å²) in [4.78, 5) is 10.5. The van der Waals surface area contributed by atoms with Crippen LogP contribution < -0.4 is 0 Å². The maximum Gasteiger partial charge on any atom is 0.303 e. The van der Waals surface area contributed by atoms with Crippen LogP contribution in [0.2, 0.25) is 0 Å². The Morgan fingerprint density at radius 1 is 1.27 bits per heavy atom. The van der Waals surface area contributed by atoms with Gasteiger partial charge in [0.2, 0.25) is 0 Å². The second kappa shape index (κ2) is 8.55. The predicted molar refractivity (Wildman–Crippen MR) is 101 cm³/mol. The lowest BCUT2D eigenvalue weighted by molar-refractivity contribution is -0.137. The molecule has 0 amide bonds. The maximum absolute atomic E-state index is 10.6. The van der Waals surface area contributed by atoms with E-state index in [9.17, 15) is 15.0 Å². The smallest absolute Gasteiger partial charge is 0.303 e. The molecule has 1 saturated carbocycles. The van der Waals surface area contributed by atoms with E-state index in [1.807, 2.05) is 18.2 Å². The van der Waals surface area contributed by atoms with Crippen LogP contribution in [0.1, 0.15) is 67.2 Å². The second-order valence-electron chi connectivity index (χ2n) is 7.51. The first kappa shape index (κ1) is 19.4. The van der Waals surface area contributed by atoms with Gasteiger partial charge in [0, 0.05) is 17.7 Å². The topological polar surface area (TPSA) is 77.8 Å². The van der Waals surface area contributed by atoms with Crippen LogP contribution in [0.4, 0.5) is 0 Å². The maximum atomic E-state index is 10.6. The van der Waals surface area contributed by atoms with E-state index in [-0.39, 0.29) is 29.7 Å². The molecule has 5 atom stereocenters. The van der Waals surface area contributed by atoms with Gasteiger partial charge in [0.15, 0.2) is 0 Å². The highest BCUT2D eigenvalue weighted by molar-refractivity contribution is 6.21. The molecule has 0 bridgehead atoms. The van der Waals surface area contributed by atoms with Crippen LogP contribution in [-0.4, -0.2) is 32.8 Å². The Balaban J connectivity index is 1.67. The third-order valence-electron chi connectivity index (χ3n) is 5.74. The lowest BCUT2D eigenvalue weighted by Crippen LogP contribution is -2.18. The van der Waals surface area contributed by atoms with Crippen LogP contribution >= 0.6 is 11.6 Å². The number of hydrogen-bond acceptors (Lipinski definition) is 3. The lowest BCUT2D eigenvalue weighted by Gasteiger charge is -2.23. The Morgan fingerprint density at radius 2 is 2.08 bits per heavy atom. The number of benzene rings is 1. The van der Waals surface area contributed by atoms with E-state index in [1.165, 1.54) is 5.56 Å². The normalized spacial score (nSPS) is 30.8. The van der Waals surface area contributed by atoms with Gasteiger partial charge in [-0.15, -0.1) is 11.6 Å². The van der Waals surface area contributed by atoms with Crippen molar-refractivity contribution in [2.45, 2.75) is 68.4 Å². The first-order chi connectivity index (χ1) is 12.5. The van der Waals surface area contributed by atoms with Gasteiger partial charge in [-0.25, -0.2) is 0 Å². The third kappa shape index (κ3) is 4.30. The molecular weight excluding hydrogens is 352 g/mol. The van der Waals surface area contributed by atoms with E-state index in [4.69, 9.17) is 16.7 Å². The van der Waals surface area contributed by atoms with Crippen LogP contribution in [0, 0.1) is 5.92 Å². The summed E-state index contributed by atoms with van der Waals surface area (Å²) in [7, 11) is 0. The lowest BCUT2D eigenvalue weighted by atomic mass is 9.84. The van der Waals surface area contributed by atoms with E-state index >= 15 is 0 Å². The number of alkyl halides is 1. The number of aliphatic hydroxyl groups is 2. The molecule has 2 aliphatic rings. The molecule has 5 unspecified atom stereocenters. The fourth-order valence-corrected chi connectivity index (χ4v) is 4.83. The van der Waals surface area contributed by atoms with Crippen molar-refractivity contribution in [2.75, 3.05) is 0 Å². The number of aliphatic hydroxyl groups excluding tert-OH is 2. The molecule has 0 saturated heterocycles. The van der Waals surface area contributed by atoms with Crippen molar-refractivity contribution < 1.29 is 20.1 Å². The molecule has 0 spiro atoms. The van der Waals surface area contributed by atoms with E-state index in [0.717, 1.165) is 36.8 Å². The highest BCUT2D eigenvalue weighted by Crippen LogP contribution is 2.46. The molecule has 5 heteroatoms. The summed E-state index contributed by atoms with van der Waals surface area (Å²) in [6.07, 6.45) is 7.87. The van der Waals surface area contributed by atoms with E-state index in [2.05, 4.69) is 12.1 Å². The molecule has 0 radical (unpaired) electrons. The zero-order valence-electron chi connectivity index (χ0n) is 14.9. The van der Waals surface area contributed by atoms with Crippen molar-refractivity contribution in [3.05, 3.63) is 47.0 Å². The fourth-order valence-electron chi connectivity index (χ4n) is 4.39. The SMILES string of the molecule is O=C(O)CCC/C=C/CC1C(Cl)CC(O)C1c1ccc2c(c1)CCC2O. The molecule has 2 aliphatic carbocycles. The van der Waals surface area contributed by atoms with Gasteiger partial charge >= 0.3 is 5.97 Å². The number of rotatable bonds is 7. The highest BCUT2D eigenvalue weighted by atomic mass is 35.5. The van der Waals surface area contributed by atoms with Gasteiger partial charge in [-0.2, -0.15) is 0 Å². The number of carboxylic acids is 1. The average Bonchev–Trinajstić information content (AvgIpc) is 3.10. The van der Waals surface area contributed by atoms with Gasteiger partial charge in [-0.3, -0.25) is 4.79 Å². The van der Waals surface area contributed by atoms with Gasteiger partial charge < -0.3 is 15.3 Å². The number of unbranched alkanes of at least 4 members (excludes halogenated alkanes) is 1. The van der Waals surface area contributed by atoms with Gasteiger partial charge in [-0.1, -0.05) is 30.4 Å². The van der Waals surface area contributed by atoms with Crippen LogP contribution in [0.5, 0.6) is 0 Å². The van der Waals surface area contributed by atoms with Crippen molar-refractivity contribution in [1.29, 1.82) is 0 Å². The van der Waals surface area contributed by atoms with Crippen molar-refractivity contribution in [3.63, 3.8) is 0 Å². The molecular formula is C21H27ClO4. The van der Waals surface area contributed by atoms with E-state index < -0.39 is 12.1 Å². The van der Waals surface area contributed by atoms with Crippen molar-refractivity contribution in [3.8, 4) is 0 Å². The minimum absolute atomic E-state index is 0.00390. The first-order valence-corrected chi connectivity index (χ1v) is 9.90. The number of fused-ring (bicyclic) bond motifs is 1. The molecule has 0 heterocycles. The summed E-state index contributed by atoms with van der Waals surface area (Å²) >= 11 is 6.53. The Kier molecular flexibility index (Phi) is 6.38. The summed E-state index contributed by atoms with van der Waals surface area (Å²) in [5, 5.41) is 29.1. The average molecular weight is 379 g/mol. The van der Waals surface area contributed by atoms with Crippen LogP contribution in [0.15, 0.2) is 30.4 Å². The number of halogens is 1. The molecule has 3 N–H and O–H groups in total. The summed E-state index contributed by atoms with van der Waals surface area (Å²) in [5.74, 6) is -0.601. The monoisotopic (exact) mass is 378 g/mol.